The Hall–Kier alpha value is 0.430. The summed E-state index contributed by atoms with van der Waals surface area (Å²) < 4.78 is 4.05. The molecule has 0 radical (unpaired) electrons. The molecule has 0 amide bonds. The van der Waals surface area contributed by atoms with Crippen LogP contribution in [0.1, 0.15) is 90.4 Å². The number of unbranched alkanes of at least 4 members (excludes halogenated alkanes) is 11. The summed E-state index contributed by atoms with van der Waals surface area (Å²) >= 11 is 6.76. The summed E-state index contributed by atoms with van der Waals surface area (Å²) in [5.41, 5.74) is 0. The van der Waals surface area contributed by atoms with Crippen LogP contribution in [-0.2, 0) is 9.53 Å². The molecular weight excluding hydrogens is 396 g/mol. The predicted octanol–water partition coefficient (Wildman–Crippen LogP) is 6.74. The molecule has 0 aliphatic carbocycles. The lowest BCUT2D eigenvalue weighted by Gasteiger charge is -2.16. The summed E-state index contributed by atoms with van der Waals surface area (Å²) in [6.45, 7) is 2.26. The minimum Gasteiger partial charge on any atom is -0.467 e. The van der Waals surface area contributed by atoms with E-state index in [1.807, 2.05) is 0 Å². The first-order valence-corrected chi connectivity index (χ1v) is 10.1. The van der Waals surface area contributed by atoms with Gasteiger partial charge in [-0.25, -0.2) is 4.79 Å². The summed E-state index contributed by atoms with van der Waals surface area (Å²) in [6.07, 6.45) is 16.7. The first-order valence-electron chi connectivity index (χ1n) is 8.51. The zero-order valence-electron chi connectivity index (χ0n) is 13.8. The van der Waals surface area contributed by atoms with Crippen LogP contribution in [0.3, 0.4) is 0 Å². The van der Waals surface area contributed by atoms with Gasteiger partial charge in [0.25, 0.3) is 0 Å². The molecule has 0 rings (SSSR count). The van der Waals surface area contributed by atoms with Crippen molar-refractivity contribution in [3.8, 4) is 0 Å². The van der Waals surface area contributed by atoms with Gasteiger partial charge in [0.2, 0.25) is 0 Å². The Bertz CT molecular complexity index is 255. The highest BCUT2D eigenvalue weighted by molar-refractivity contribution is 9.25. The van der Waals surface area contributed by atoms with Crippen molar-refractivity contribution in [2.75, 3.05) is 7.11 Å². The third-order valence-corrected chi connectivity index (χ3v) is 5.27. The highest BCUT2D eigenvalue weighted by atomic mass is 79.9. The van der Waals surface area contributed by atoms with Crippen LogP contribution in [0, 0.1) is 0 Å². The van der Waals surface area contributed by atoms with Gasteiger partial charge in [0.05, 0.1) is 7.11 Å². The van der Waals surface area contributed by atoms with E-state index in [1.165, 1.54) is 77.7 Å². The molecule has 0 heterocycles. The van der Waals surface area contributed by atoms with Gasteiger partial charge in [0, 0.05) is 0 Å². The van der Waals surface area contributed by atoms with Gasteiger partial charge in [-0.15, -0.1) is 0 Å². The minimum atomic E-state index is -0.687. The molecule has 0 fully saturated rings. The Morgan fingerprint density at radius 3 is 1.57 bits per heavy atom. The van der Waals surface area contributed by atoms with E-state index in [-0.39, 0.29) is 5.97 Å². The summed E-state index contributed by atoms with van der Waals surface area (Å²) in [7, 11) is 1.42. The van der Waals surface area contributed by atoms with Crippen LogP contribution in [0.2, 0.25) is 0 Å². The number of rotatable bonds is 14. The molecule has 0 bridgehead atoms. The normalized spacial score (nSPS) is 11.6. The fourth-order valence-corrected chi connectivity index (χ4v) is 3.32. The van der Waals surface area contributed by atoms with Gasteiger partial charge in [0.15, 0.2) is 3.23 Å². The van der Waals surface area contributed by atoms with Crippen molar-refractivity contribution >= 4 is 37.8 Å². The van der Waals surface area contributed by atoms with Gasteiger partial charge in [-0.1, -0.05) is 116 Å². The van der Waals surface area contributed by atoms with Crippen molar-refractivity contribution < 1.29 is 9.53 Å². The van der Waals surface area contributed by atoms with Crippen LogP contribution in [0.5, 0.6) is 0 Å². The van der Waals surface area contributed by atoms with Gasteiger partial charge in [-0.3, -0.25) is 0 Å². The first kappa shape index (κ1) is 21.4. The summed E-state index contributed by atoms with van der Waals surface area (Å²) in [6, 6.07) is 0. The molecule has 0 aliphatic rings. The Kier molecular flexibility index (Phi) is 14.3. The van der Waals surface area contributed by atoms with Gasteiger partial charge in [-0.2, -0.15) is 0 Å². The molecule has 0 aromatic rings. The lowest BCUT2D eigenvalue weighted by Crippen LogP contribution is -2.25. The molecule has 0 aromatic heterocycles. The monoisotopic (exact) mass is 426 g/mol. The van der Waals surface area contributed by atoms with E-state index in [9.17, 15) is 4.79 Å². The largest absolute Gasteiger partial charge is 0.467 e. The molecule has 0 aromatic carbocycles. The van der Waals surface area contributed by atoms with E-state index in [4.69, 9.17) is 4.74 Å². The van der Waals surface area contributed by atoms with E-state index in [0.717, 1.165) is 12.8 Å². The second-order valence-corrected chi connectivity index (χ2v) is 9.61. The second-order valence-electron chi connectivity index (χ2n) is 5.84. The number of esters is 1. The highest BCUT2D eigenvalue weighted by Gasteiger charge is 2.32. The standard InChI is InChI=1S/C17H32Br2O2/c1-3-4-5-6-7-8-9-10-11-12-13-14-15-17(18,19)16(20)21-2/h3-15H2,1-2H3. The highest BCUT2D eigenvalue weighted by Crippen LogP contribution is 2.33. The van der Waals surface area contributed by atoms with E-state index < -0.39 is 3.23 Å². The molecule has 2 nitrogen and oxygen atoms in total. The maximum absolute atomic E-state index is 11.4. The first-order chi connectivity index (χ1) is 10.0. The number of carbonyl (C=O) groups is 1. The van der Waals surface area contributed by atoms with E-state index in [2.05, 4.69) is 38.8 Å². The van der Waals surface area contributed by atoms with Crippen LogP contribution in [-0.4, -0.2) is 16.3 Å². The SMILES string of the molecule is CCCCCCCCCCCCCCC(Br)(Br)C(=O)OC. The Labute approximate surface area is 148 Å². The summed E-state index contributed by atoms with van der Waals surface area (Å²) in [5.74, 6) is -0.245. The number of methoxy groups -OCH3 is 1. The second kappa shape index (κ2) is 14.0. The van der Waals surface area contributed by atoms with Crippen LogP contribution < -0.4 is 0 Å². The third kappa shape index (κ3) is 12.6. The molecule has 21 heavy (non-hydrogen) atoms. The molecule has 0 unspecified atom stereocenters. The zero-order chi connectivity index (χ0) is 16.0. The van der Waals surface area contributed by atoms with Crippen molar-refractivity contribution in [2.24, 2.45) is 0 Å². The molecule has 0 aliphatic heterocycles. The molecule has 0 spiro atoms. The van der Waals surface area contributed by atoms with Crippen LogP contribution >= 0.6 is 31.9 Å². The third-order valence-electron chi connectivity index (χ3n) is 3.83. The molecular formula is C17H32Br2O2. The molecule has 0 N–H and O–H groups in total. The topological polar surface area (TPSA) is 26.3 Å². The number of halogens is 2. The van der Waals surface area contributed by atoms with Crippen LogP contribution in [0.4, 0.5) is 0 Å². The van der Waals surface area contributed by atoms with Gasteiger partial charge in [0.1, 0.15) is 0 Å². The van der Waals surface area contributed by atoms with E-state index in [1.54, 1.807) is 0 Å². The Morgan fingerprint density at radius 2 is 1.19 bits per heavy atom. The quantitative estimate of drug-likeness (QED) is 0.174. The minimum absolute atomic E-state index is 0.245. The van der Waals surface area contributed by atoms with E-state index >= 15 is 0 Å². The molecule has 0 saturated carbocycles. The number of carbonyl (C=O) groups excluding carboxylic acids is 1. The van der Waals surface area contributed by atoms with E-state index in [0.29, 0.717) is 0 Å². The van der Waals surface area contributed by atoms with Crippen molar-refractivity contribution in [3.63, 3.8) is 0 Å². The molecule has 126 valence electrons. The number of alkyl halides is 2. The van der Waals surface area contributed by atoms with Crippen molar-refractivity contribution in [1.82, 2.24) is 0 Å². The maximum atomic E-state index is 11.4. The summed E-state index contributed by atoms with van der Waals surface area (Å²) in [5, 5.41) is 0. The summed E-state index contributed by atoms with van der Waals surface area (Å²) in [4.78, 5) is 11.4. The van der Waals surface area contributed by atoms with Gasteiger partial charge >= 0.3 is 5.97 Å². The predicted molar refractivity (Wildman–Crippen MR) is 98.3 cm³/mol. The van der Waals surface area contributed by atoms with Crippen molar-refractivity contribution in [3.05, 3.63) is 0 Å². The van der Waals surface area contributed by atoms with Gasteiger partial charge in [-0.05, 0) is 6.42 Å². The number of hydrogen-bond donors (Lipinski definition) is 0. The molecule has 0 saturated heterocycles. The van der Waals surface area contributed by atoms with Gasteiger partial charge < -0.3 is 4.74 Å². The van der Waals surface area contributed by atoms with Crippen LogP contribution in [0.15, 0.2) is 0 Å². The zero-order valence-corrected chi connectivity index (χ0v) is 16.9. The molecule has 4 heteroatoms. The lowest BCUT2D eigenvalue weighted by molar-refractivity contribution is -0.140. The Morgan fingerprint density at radius 1 is 0.810 bits per heavy atom. The molecule has 0 atom stereocenters. The smallest absolute Gasteiger partial charge is 0.333 e. The average molecular weight is 428 g/mol. The maximum Gasteiger partial charge on any atom is 0.333 e. The fourth-order valence-electron chi connectivity index (χ4n) is 2.44. The van der Waals surface area contributed by atoms with Crippen molar-refractivity contribution in [2.45, 2.75) is 93.6 Å². The van der Waals surface area contributed by atoms with Crippen molar-refractivity contribution in [1.29, 1.82) is 0 Å². The number of hydrogen-bond acceptors (Lipinski definition) is 2. The Balaban J connectivity index is 3.28. The lowest BCUT2D eigenvalue weighted by atomic mass is 10.0. The average Bonchev–Trinajstić information content (AvgIpc) is 2.47. The fraction of sp³-hybridized carbons (Fsp3) is 0.941. The van der Waals surface area contributed by atoms with Crippen LogP contribution in [0.25, 0.3) is 0 Å². The number of ether oxygens (including phenoxy) is 1.